The van der Waals surface area contributed by atoms with E-state index in [9.17, 15) is 4.79 Å². The maximum Gasteiger partial charge on any atom is 0.222 e. The van der Waals surface area contributed by atoms with Gasteiger partial charge in [-0.3, -0.25) is 4.79 Å². The zero-order chi connectivity index (χ0) is 15.2. The lowest BCUT2D eigenvalue weighted by atomic mass is 10.1. The van der Waals surface area contributed by atoms with E-state index >= 15 is 0 Å². The van der Waals surface area contributed by atoms with Crippen molar-refractivity contribution in [3.63, 3.8) is 0 Å². The molecule has 3 aromatic rings. The summed E-state index contributed by atoms with van der Waals surface area (Å²) >= 11 is 0. The summed E-state index contributed by atoms with van der Waals surface area (Å²) in [7, 11) is 0. The highest BCUT2D eigenvalue weighted by Crippen LogP contribution is 2.13. The number of hydrogen-bond acceptors (Lipinski definition) is 5. The van der Waals surface area contributed by atoms with E-state index in [4.69, 9.17) is 0 Å². The molecule has 0 saturated heterocycles. The molecule has 0 unspecified atom stereocenters. The molecule has 0 spiro atoms. The molecular weight excluding hydrogens is 282 g/mol. The molecule has 0 bridgehead atoms. The van der Waals surface area contributed by atoms with Crippen LogP contribution in [0, 0.1) is 0 Å². The minimum Gasteiger partial charge on any atom is -0.352 e. The van der Waals surface area contributed by atoms with Gasteiger partial charge in [0.15, 0.2) is 0 Å². The number of para-hydroxylation sites is 1. The number of nitrogens with one attached hydrogen (secondary N) is 1. The SMILES string of the molecule is O=C(CCn1cnnn1)NCc1ccccc1-n1ccnc1. The number of nitrogens with zero attached hydrogens (tertiary/aromatic N) is 6. The molecule has 1 amide bonds. The minimum absolute atomic E-state index is 0.0454. The summed E-state index contributed by atoms with van der Waals surface area (Å²) in [6.45, 7) is 0.921. The molecule has 0 atom stereocenters. The molecule has 8 heteroatoms. The molecule has 0 aliphatic carbocycles. The van der Waals surface area contributed by atoms with Crippen molar-refractivity contribution in [1.29, 1.82) is 0 Å². The summed E-state index contributed by atoms with van der Waals surface area (Å²) in [5, 5.41) is 13.7. The van der Waals surface area contributed by atoms with Crippen LogP contribution in [0.1, 0.15) is 12.0 Å². The third-order valence-corrected chi connectivity index (χ3v) is 3.21. The summed E-state index contributed by atoms with van der Waals surface area (Å²) in [6, 6.07) is 7.88. The number of amides is 1. The van der Waals surface area contributed by atoms with E-state index in [0.29, 0.717) is 19.5 Å². The second-order valence-electron chi connectivity index (χ2n) is 4.70. The monoisotopic (exact) mass is 297 g/mol. The first-order valence-electron chi connectivity index (χ1n) is 6.86. The molecule has 2 heterocycles. The lowest BCUT2D eigenvalue weighted by Crippen LogP contribution is -2.24. The molecular formula is C14H15N7O. The summed E-state index contributed by atoms with van der Waals surface area (Å²) < 4.78 is 3.45. The first kappa shape index (κ1) is 13.9. The Balaban J connectivity index is 1.58. The van der Waals surface area contributed by atoms with Gasteiger partial charge in [0.25, 0.3) is 0 Å². The Morgan fingerprint density at radius 2 is 2.14 bits per heavy atom. The number of tetrazole rings is 1. The van der Waals surface area contributed by atoms with E-state index in [0.717, 1.165) is 11.3 Å². The van der Waals surface area contributed by atoms with Crippen LogP contribution in [-0.2, 0) is 17.9 Å². The van der Waals surface area contributed by atoms with Crippen LogP contribution in [0.25, 0.3) is 5.69 Å². The van der Waals surface area contributed by atoms with Crippen LogP contribution in [-0.4, -0.2) is 35.7 Å². The summed E-state index contributed by atoms with van der Waals surface area (Å²) in [5.41, 5.74) is 2.03. The first-order valence-corrected chi connectivity index (χ1v) is 6.86. The molecule has 0 fully saturated rings. The molecule has 1 N–H and O–H groups in total. The zero-order valence-electron chi connectivity index (χ0n) is 11.8. The van der Waals surface area contributed by atoms with Crippen LogP contribution < -0.4 is 5.32 Å². The van der Waals surface area contributed by atoms with Crippen LogP contribution in [0.2, 0.25) is 0 Å². The molecule has 8 nitrogen and oxygen atoms in total. The second-order valence-corrected chi connectivity index (χ2v) is 4.70. The molecule has 3 rings (SSSR count). The van der Waals surface area contributed by atoms with Gasteiger partial charge in [0.05, 0.1) is 18.6 Å². The van der Waals surface area contributed by atoms with Gasteiger partial charge in [-0.2, -0.15) is 0 Å². The minimum atomic E-state index is -0.0454. The Kier molecular flexibility index (Phi) is 4.19. The summed E-state index contributed by atoms with van der Waals surface area (Å²) in [5.74, 6) is -0.0454. The lowest BCUT2D eigenvalue weighted by Gasteiger charge is -2.11. The molecule has 0 aliphatic rings. The Morgan fingerprint density at radius 1 is 1.23 bits per heavy atom. The second kappa shape index (κ2) is 6.61. The molecule has 22 heavy (non-hydrogen) atoms. The van der Waals surface area contributed by atoms with Gasteiger partial charge in [-0.1, -0.05) is 18.2 Å². The zero-order valence-corrected chi connectivity index (χ0v) is 11.8. The number of carbonyl (C=O) groups excluding carboxylic acids is 1. The van der Waals surface area contributed by atoms with Gasteiger partial charge in [-0.15, -0.1) is 5.10 Å². The smallest absolute Gasteiger partial charge is 0.222 e. The molecule has 0 saturated carbocycles. The number of aromatic nitrogens is 6. The predicted octanol–water partition coefficient (Wildman–Crippen LogP) is 0.565. The third kappa shape index (κ3) is 3.35. The maximum absolute atomic E-state index is 11.9. The van der Waals surface area contributed by atoms with Gasteiger partial charge in [0, 0.05) is 25.4 Å². The Labute approximate surface area is 126 Å². The molecule has 1 aromatic carbocycles. The van der Waals surface area contributed by atoms with Crippen molar-refractivity contribution in [1.82, 2.24) is 35.1 Å². The standard InChI is InChI=1S/C14H15N7O/c22-14(5-7-21-11-17-18-19-21)16-9-12-3-1-2-4-13(12)20-8-6-15-10-20/h1-4,6,8,10-11H,5,7,9H2,(H,16,22). The van der Waals surface area contributed by atoms with Gasteiger partial charge in [0.1, 0.15) is 6.33 Å². The van der Waals surface area contributed by atoms with E-state index in [-0.39, 0.29) is 5.91 Å². The van der Waals surface area contributed by atoms with Crippen LogP contribution in [0.5, 0.6) is 0 Å². The average molecular weight is 297 g/mol. The number of benzene rings is 1. The number of rotatable bonds is 6. The number of carbonyl (C=O) groups is 1. The Bertz CT molecular complexity index is 722. The quantitative estimate of drug-likeness (QED) is 0.718. The van der Waals surface area contributed by atoms with E-state index in [1.165, 1.54) is 11.0 Å². The van der Waals surface area contributed by atoms with Gasteiger partial charge < -0.3 is 9.88 Å². The summed E-state index contributed by atoms with van der Waals surface area (Å²) in [4.78, 5) is 15.9. The fraction of sp³-hybridized carbons (Fsp3) is 0.214. The van der Waals surface area contributed by atoms with E-state index < -0.39 is 0 Å². The molecule has 0 radical (unpaired) electrons. The topological polar surface area (TPSA) is 90.5 Å². The van der Waals surface area contributed by atoms with Gasteiger partial charge >= 0.3 is 0 Å². The normalized spacial score (nSPS) is 10.5. The van der Waals surface area contributed by atoms with Crippen molar-refractivity contribution < 1.29 is 4.79 Å². The van der Waals surface area contributed by atoms with Crippen LogP contribution in [0.4, 0.5) is 0 Å². The highest BCUT2D eigenvalue weighted by Gasteiger charge is 2.06. The predicted molar refractivity (Wildman–Crippen MR) is 77.8 cm³/mol. The highest BCUT2D eigenvalue weighted by molar-refractivity contribution is 5.75. The van der Waals surface area contributed by atoms with Gasteiger partial charge in [0.2, 0.25) is 5.91 Å². The average Bonchev–Trinajstić information content (AvgIpc) is 3.24. The van der Waals surface area contributed by atoms with Crippen molar-refractivity contribution in [2.75, 3.05) is 0 Å². The van der Waals surface area contributed by atoms with Gasteiger partial charge in [-0.05, 0) is 22.1 Å². The number of hydrogen-bond donors (Lipinski definition) is 1. The molecule has 2 aromatic heterocycles. The Hall–Kier alpha value is -3.03. The van der Waals surface area contributed by atoms with Crippen molar-refractivity contribution in [2.24, 2.45) is 0 Å². The van der Waals surface area contributed by atoms with E-state index in [1.54, 1.807) is 12.5 Å². The lowest BCUT2D eigenvalue weighted by molar-refractivity contribution is -0.121. The Morgan fingerprint density at radius 3 is 2.91 bits per heavy atom. The van der Waals surface area contributed by atoms with Crippen LogP contribution >= 0.6 is 0 Å². The van der Waals surface area contributed by atoms with E-state index in [2.05, 4.69) is 25.8 Å². The van der Waals surface area contributed by atoms with Crippen molar-refractivity contribution in [3.8, 4) is 5.69 Å². The van der Waals surface area contributed by atoms with Crippen molar-refractivity contribution in [3.05, 3.63) is 54.9 Å². The van der Waals surface area contributed by atoms with Crippen molar-refractivity contribution >= 4 is 5.91 Å². The first-order chi connectivity index (χ1) is 10.8. The van der Waals surface area contributed by atoms with Crippen molar-refractivity contribution in [2.45, 2.75) is 19.5 Å². The molecule has 0 aliphatic heterocycles. The largest absolute Gasteiger partial charge is 0.352 e. The fourth-order valence-corrected chi connectivity index (χ4v) is 2.09. The van der Waals surface area contributed by atoms with Crippen LogP contribution in [0.3, 0.4) is 0 Å². The number of aryl methyl sites for hydroxylation is 1. The highest BCUT2D eigenvalue weighted by atomic mass is 16.1. The van der Waals surface area contributed by atoms with Gasteiger partial charge in [-0.25, -0.2) is 9.67 Å². The van der Waals surface area contributed by atoms with E-state index in [1.807, 2.05) is 35.0 Å². The third-order valence-electron chi connectivity index (χ3n) is 3.21. The molecule has 112 valence electrons. The summed E-state index contributed by atoms with van der Waals surface area (Å²) in [6.07, 6.45) is 7.15. The van der Waals surface area contributed by atoms with Crippen LogP contribution in [0.15, 0.2) is 49.3 Å². The maximum atomic E-state index is 11.9. The number of imidazole rings is 1. The fourth-order valence-electron chi connectivity index (χ4n) is 2.09.